The highest BCUT2D eigenvalue weighted by Crippen LogP contribution is 2.28. The molecule has 2 saturated heterocycles. The maximum atomic E-state index is 14.5. The number of halogens is 1. The van der Waals surface area contributed by atoms with Gasteiger partial charge in [0.2, 0.25) is 10.0 Å². The Labute approximate surface area is 151 Å². The molecule has 1 amide bonds. The van der Waals surface area contributed by atoms with Gasteiger partial charge in [-0.15, -0.1) is 0 Å². The molecule has 0 unspecified atom stereocenters. The van der Waals surface area contributed by atoms with E-state index in [1.807, 2.05) is 4.90 Å². The summed E-state index contributed by atoms with van der Waals surface area (Å²) in [4.78, 5) is 15.3. The lowest BCUT2D eigenvalue weighted by atomic mass is 10.2. The molecule has 26 heavy (non-hydrogen) atoms. The summed E-state index contributed by atoms with van der Waals surface area (Å²) in [5.74, 6) is -0.474. The van der Waals surface area contributed by atoms with Crippen LogP contribution < -0.4 is 14.5 Å². The number of rotatable bonds is 6. The third-order valence-corrected chi connectivity index (χ3v) is 5.75. The van der Waals surface area contributed by atoms with Crippen LogP contribution in [0.25, 0.3) is 0 Å². The van der Waals surface area contributed by atoms with Crippen molar-refractivity contribution in [1.82, 2.24) is 4.72 Å². The van der Waals surface area contributed by atoms with Gasteiger partial charge in [-0.05, 0) is 25.1 Å². The zero-order valence-electron chi connectivity index (χ0n) is 14.5. The predicted octanol–water partition coefficient (Wildman–Crippen LogP) is 0.927. The van der Waals surface area contributed by atoms with Crippen molar-refractivity contribution in [2.75, 3.05) is 54.9 Å². The van der Waals surface area contributed by atoms with E-state index >= 15 is 0 Å². The molecule has 1 aromatic carbocycles. The number of carbonyl (C=O) groups is 1. The summed E-state index contributed by atoms with van der Waals surface area (Å²) in [7, 11) is -3.37. The van der Waals surface area contributed by atoms with Crippen LogP contribution in [0.1, 0.15) is 6.92 Å². The Balaban J connectivity index is 1.67. The van der Waals surface area contributed by atoms with Crippen LogP contribution in [-0.4, -0.2) is 65.8 Å². The monoisotopic (exact) mass is 387 g/mol. The van der Waals surface area contributed by atoms with Crippen molar-refractivity contribution in [1.29, 1.82) is 0 Å². The zero-order valence-corrected chi connectivity index (χ0v) is 15.3. The standard InChI is InChI=1S/C16H22FN3O5S/c1-2-26(22,23)18-10-13-11-20(16(21)25-13)12-3-4-15(14(17)9-12)19-5-7-24-8-6-19/h3-4,9,13,18H,2,5-8,10-11H2,1H3/t13-/m1/s1. The predicted molar refractivity (Wildman–Crippen MR) is 94.5 cm³/mol. The van der Waals surface area contributed by atoms with Gasteiger partial charge < -0.3 is 14.4 Å². The molecule has 10 heteroatoms. The first kappa shape index (κ1) is 18.9. The molecule has 2 aliphatic rings. The van der Waals surface area contributed by atoms with Gasteiger partial charge in [-0.25, -0.2) is 22.3 Å². The molecule has 1 N–H and O–H groups in total. The second-order valence-electron chi connectivity index (χ2n) is 6.10. The summed E-state index contributed by atoms with van der Waals surface area (Å²) >= 11 is 0. The normalized spacial score (nSPS) is 21.2. The largest absolute Gasteiger partial charge is 0.443 e. The topological polar surface area (TPSA) is 88.2 Å². The number of nitrogens with zero attached hydrogens (tertiary/aromatic N) is 2. The van der Waals surface area contributed by atoms with Crippen LogP contribution in [0.5, 0.6) is 0 Å². The van der Waals surface area contributed by atoms with Crippen LogP contribution in [-0.2, 0) is 19.5 Å². The molecule has 3 rings (SSSR count). The molecule has 0 aliphatic carbocycles. The van der Waals surface area contributed by atoms with Gasteiger partial charge in [0.15, 0.2) is 0 Å². The number of anilines is 2. The first-order chi connectivity index (χ1) is 12.4. The quantitative estimate of drug-likeness (QED) is 0.781. The number of nitrogens with one attached hydrogen (secondary N) is 1. The molecule has 144 valence electrons. The lowest BCUT2D eigenvalue weighted by molar-refractivity contribution is 0.122. The zero-order chi connectivity index (χ0) is 18.7. The van der Waals surface area contributed by atoms with Crippen LogP contribution in [0.3, 0.4) is 0 Å². The number of benzene rings is 1. The van der Waals surface area contributed by atoms with E-state index in [9.17, 15) is 17.6 Å². The van der Waals surface area contributed by atoms with E-state index in [-0.39, 0.29) is 18.8 Å². The minimum absolute atomic E-state index is 0.00719. The molecule has 2 aliphatic heterocycles. The highest BCUT2D eigenvalue weighted by atomic mass is 32.2. The van der Waals surface area contributed by atoms with Crippen LogP contribution in [0.15, 0.2) is 18.2 Å². The van der Waals surface area contributed by atoms with Gasteiger partial charge >= 0.3 is 6.09 Å². The number of hydrogen-bond acceptors (Lipinski definition) is 6. The number of carbonyl (C=O) groups excluding carboxylic acids is 1. The Morgan fingerprint density at radius 3 is 2.69 bits per heavy atom. The Bertz CT molecular complexity index is 767. The van der Waals surface area contributed by atoms with Gasteiger partial charge in [-0.3, -0.25) is 4.90 Å². The molecule has 0 spiro atoms. The fourth-order valence-corrected chi connectivity index (χ4v) is 3.53. The van der Waals surface area contributed by atoms with Gasteiger partial charge in [0.25, 0.3) is 0 Å². The fraction of sp³-hybridized carbons (Fsp3) is 0.562. The number of sulfonamides is 1. The molecule has 0 saturated carbocycles. The van der Waals surface area contributed by atoms with Gasteiger partial charge in [0.1, 0.15) is 11.9 Å². The fourth-order valence-electron chi connectivity index (χ4n) is 2.89. The molecule has 2 fully saturated rings. The van der Waals surface area contributed by atoms with Crippen molar-refractivity contribution in [3.05, 3.63) is 24.0 Å². The molecular weight excluding hydrogens is 365 g/mol. The molecule has 0 aromatic heterocycles. The average Bonchev–Trinajstić information content (AvgIpc) is 3.01. The Morgan fingerprint density at radius 1 is 1.31 bits per heavy atom. The molecule has 1 atom stereocenters. The van der Waals surface area contributed by atoms with E-state index in [0.29, 0.717) is 37.7 Å². The van der Waals surface area contributed by atoms with Crippen molar-refractivity contribution in [3.63, 3.8) is 0 Å². The molecule has 8 nitrogen and oxygen atoms in total. The van der Waals surface area contributed by atoms with Gasteiger partial charge in [0, 0.05) is 19.6 Å². The summed E-state index contributed by atoms with van der Waals surface area (Å²) in [6.07, 6.45) is -1.24. The maximum Gasteiger partial charge on any atom is 0.414 e. The van der Waals surface area contributed by atoms with Crippen LogP contribution in [0, 0.1) is 5.82 Å². The number of hydrogen-bond donors (Lipinski definition) is 1. The minimum atomic E-state index is -3.37. The van der Waals surface area contributed by atoms with E-state index in [2.05, 4.69) is 4.72 Å². The molecular formula is C16H22FN3O5S. The Morgan fingerprint density at radius 2 is 2.04 bits per heavy atom. The van der Waals surface area contributed by atoms with Crippen molar-refractivity contribution >= 4 is 27.5 Å². The second kappa shape index (κ2) is 7.77. The van der Waals surface area contributed by atoms with E-state index in [4.69, 9.17) is 9.47 Å². The first-order valence-corrected chi connectivity index (χ1v) is 10.1. The van der Waals surface area contributed by atoms with E-state index in [0.717, 1.165) is 0 Å². The van der Waals surface area contributed by atoms with Crippen molar-refractivity contribution < 1.29 is 27.1 Å². The highest BCUT2D eigenvalue weighted by Gasteiger charge is 2.33. The number of cyclic esters (lactones) is 1. The summed E-state index contributed by atoms with van der Waals surface area (Å²) < 4.78 is 50.3. The maximum absolute atomic E-state index is 14.5. The third-order valence-electron chi connectivity index (χ3n) is 4.38. The Kier molecular flexibility index (Phi) is 5.64. The van der Waals surface area contributed by atoms with Crippen molar-refractivity contribution in [2.24, 2.45) is 0 Å². The summed E-state index contributed by atoms with van der Waals surface area (Å²) in [5, 5.41) is 0. The molecule has 0 bridgehead atoms. The van der Waals surface area contributed by atoms with Crippen LogP contribution in [0.4, 0.5) is 20.6 Å². The Hall–Kier alpha value is -1.91. The minimum Gasteiger partial charge on any atom is -0.443 e. The van der Waals surface area contributed by atoms with E-state index in [1.54, 1.807) is 12.1 Å². The third kappa shape index (κ3) is 4.25. The van der Waals surface area contributed by atoms with Crippen molar-refractivity contribution in [2.45, 2.75) is 13.0 Å². The van der Waals surface area contributed by atoms with Crippen molar-refractivity contribution in [3.8, 4) is 0 Å². The highest BCUT2D eigenvalue weighted by molar-refractivity contribution is 7.89. The summed E-state index contributed by atoms with van der Waals surface area (Å²) in [6.45, 7) is 4.00. The van der Waals surface area contributed by atoms with E-state index in [1.165, 1.54) is 17.9 Å². The summed E-state index contributed by atoms with van der Waals surface area (Å²) in [5.41, 5.74) is 0.849. The molecule has 0 radical (unpaired) electrons. The van der Waals surface area contributed by atoms with Crippen LogP contribution in [0.2, 0.25) is 0 Å². The van der Waals surface area contributed by atoms with Gasteiger partial charge in [0.05, 0.1) is 36.9 Å². The first-order valence-electron chi connectivity index (χ1n) is 8.47. The average molecular weight is 387 g/mol. The smallest absolute Gasteiger partial charge is 0.414 e. The summed E-state index contributed by atoms with van der Waals surface area (Å²) in [6, 6.07) is 4.59. The van der Waals surface area contributed by atoms with E-state index < -0.39 is 28.0 Å². The number of amides is 1. The lowest BCUT2D eigenvalue weighted by Gasteiger charge is -2.29. The number of ether oxygens (including phenoxy) is 2. The van der Waals surface area contributed by atoms with Crippen LogP contribution >= 0.6 is 0 Å². The molecule has 1 aromatic rings. The SMILES string of the molecule is CCS(=O)(=O)NC[C@@H]1CN(c2ccc(N3CCOCC3)c(F)c2)C(=O)O1. The number of morpholine rings is 1. The lowest BCUT2D eigenvalue weighted by Crippen LogP contribution is -2.37. The second-order valence-corrected chi connectivity index (χ2v) is 8.20. The molecule has 2 heterocycles. The van der Waals surface area contributed by atoms with Gasteiger partial charge in [-0.2, -0.15) is 0 Å². The van der Waals surface area contributed by atoms with Gasteiger partial charge in [-0.1, -0.05) is 0 Å².